The second-order valence-corrected chi connectivity index (χ2v) is 7.97. The molecule has 0 aliphatic rings. The smallest absolute Gasteiger partial charge is 0.120 e. The number of hydrogen-bond acceptors (Lipinski definition) is 3. The Balaban J connectivity index is 0.000000222. The molecular weight excluding hydrogens is 621 g/mol. The van der Waals surface area contributed by atoms with Gasteiger partial charge in [0.05, 0.1) is 5.58 Å². The molecule has 1 radical (unpaired) electrons. The zero-order valence-electron chi connectivity index (χ0n) is 28.2. The van der Waals surface area contributed by atoms with Gasteiger partial charge in [0.2, 0.25) is 0 Å². The monoisotopic (exact) mass is 656 g/mol. The van der Waals surface area contributed by atoms with Crippen LogP contribution in [0.1, 0.15) is 34.6 Å². The fourth-order valence-electron chi connectivity index (χ4n) is 3.73. The van der Waals surface area contributed by atoms with E-state index in [4.69, 9.17) is 16.8 Å². The summed E-state index contributed by atoms with van der Waals surface area (Å²) in [5.74, 6) is 0. The zero-order chi connectivity index (χ0) is 31.9. The zero-order valence-corrected chi connectivity index (χ0v) is 21.6. The minimum absolute atomic E-state index is 0. The van der Waals surface area contributed by atoms with E-state index in [9.17, 15) is 0 Å². The number of aromatic nitrogens is 2. The van der Waals surface area contributed by atoms with Gasteiger partial charge in [-0.25, -0.2) is 0 Å². The average molecular weight is 656 g/mol. The summed E-state index contributed by atoms with van der Waals surface area (Å²) in [6, 6.07) is 27.8. The largest absolute Gasteiger partial charge is 0.501 e. The summed E-state index contributed by atoms with van der Waals surface area (Å²) in [4.78, 5) is 8.39. The summed E-state index contributed by atoms with van der Waals surface area (Å²) in [5, 5.41) is 1.79. The second kappa shape index (κ2) is 11.0. The molecule has 0 N–H and O–H groups in total. The van der Waals surface area contributed by atoms with Gasteiger partial charge < -0.3 is 14.4 Å². The minimum atomic E-state index is -2.58. The molecule has 0 spiro atoms. The SMILES string of the molecule is [2H]C([2H])([2H])c1cnc(-c2[c-]ccc3c2oc2ccccc23)cc1C([2H])([2H])[2H].[2H]C([2H])([2H])c1cnc(-c2[c-]cccc2)cc1C.[Ir]. The van der Waals surface area contributed by atoms with Gasteiger partial charge in [-0.15, -0.1) is 54.1 Å². The standard InChI is InChI=1S/C19H14NO.C13H12N.Ir/c1-12-10-17(20-11-13(12)2)16-8-5-7-15-14-6-3-4-9-18(14)21-19(15)16;1-10-8-13(14-9-11(10)2)12-6-4-3-5-7-12;/h3-7,9-11H,1-2H3;3-6,8-9H,1-2H3;/q2*-1;/i1D3,2D3;2D3;. The normalized spacial score (nSPS) is 15.3. The number of pyridine rings is 2. The topological polar surface area (TPSA) is 38.9 Å². The molecular formula is C32H26IrN2O-2. The summed E-state index contributed by atoms with van der Waals surface area (Å²) in [6.07, 6.45) is 2.54. The molecule has 3 nitrogen and oxygen atoms in total. The molecule has 36 heavy (non-hydrogen) atoms. The van der Waals surface area contributed by atoms with Crippen LogP contribution in [0.4, 0.5) is 0 Å². The van der Waals surface area contributed by atoms with Gasteiger partial charge in [0.15, 0.2) is 0 Å². The van der Waals surface area contributed by atoms with E-state index in [1.54, 1.807) is 19.1 Å². The van der Waals surface area contributed by atoms with Crippen molar-refractivity contribution in [1.82, 2.24) is 9.97 Å². The molecule has 0 atom stereocenters. The predicted octanol–water partition coefficient (Wildman–Crippen LogP) is 8.23. The summed E-state index contributed by atoms with van der Waals surface area (Å²) in [6.45, 7) is -5.46. The number of para-hydroxylation sites is 1. The molecule has 0 amide bonds. The van der Waals surface area contributed by atoms with Crippen LogP contribution in [0.25, 0.3) is 44.5 Å². The van der Waals surface area contributed by atoms with Gasteiger partial charge in [0.25, 0.3) is 0 Å². The van der Waals surface area contributed by atoms with Crippen LogP contribution in [-0.2, 0) is 20.1 Å². The maximum Gasteiger partial charge on any atom is 0.120 e. The first-order chi connectivity index (χ1) is 20.6. The van der Waals surface area contributed by atoms with Crippen LogP contribution in [0.5, 0.6) is 0 Å². The number of nitrogens with zero attached hydrogens (tertiary/aromatic N) is 2. The Morgan fingerprint density at radius 1 is 0.722 bits per heavy atom. The fraction of sp³-hybridized carbons (Fsp3) is 0.125. The molecule has 0 fully saturated rings. The van der Waals surface area contributed by atoms with Crippen LogP contribution in [0, 0.1) is 39.6 Å². The van der Waals surface area contributed by atoms with Crippen molar-refractivity contribution in [1.29, 1.82) is 0 Å². The first kappa shape index (κ1) is 16.2. The Kier molecular flexibility index (Phi) is 4.95. The summed E-state index contributed by atoms with van der Waals surface area (Å²) in [5.41, 5.74) is 4.16. The van der Waals surface area contributed by atoms with Crippen LogP contribution in [-0.4, -0.2) is 9.97 Å². The van der Waals surface area contributed by atoms with E-state index in [-0.39, 0.29) is 31.2 Å². The molecule has 0 unspecified atom stereocenters. The van der Waals surface area contributed by atoms with Crippen molar-refractivity contribution in [2.45, 2.75) is 27.5 Å². The fourth-order valence-corrected chi connectivity index (χ4v) is 3.73. The second-order valence-electron chi connectivity index (χ2n) is 7.97. The number of furan rings is 1. The molecule has 0 aliphatic heterocycles. The first-order valence-electron chi connectivity index (χ1n) is 15.4. The van der Waals surface area contributed by atoms with Gasteiger partial charge in [0, 0.05) is 50.2 Å². The third-order valence-corrected chi connectivity index (χ3v) is 5.59. The van der Waals surface area contributed by atoms with Crippen molar-refractivity contribution in [3.05, 3.63) is 120 Å². The van der Waals surface area contributed by atoms with Crippen molar-refractivity contribution in [3.63, 3.8) is 0 Å². The Labute approximate surface area is 238 Å². The van der Waals surface area contributed by atoms with Crippen molar-refractivity contribution >= 4 is 21.9 Å². The number of fused-ring (bicyclic) bond motifs is 3. The van der Waals surface area contributed by atoms with Crippen LogP contribution < -0.4 is 0 Å². The molecule has 0 saturated carbocycles. The number of aryl methyl sites for hydroxylation is 4. The molecule has 3 aromatic carbocycles. The summed E-state index contributed by atoms with van der Waals surface area (Å²) < 4.78 is 74.0. The first-order valence-corrected chi connectivity index (χ1v) is 10.9. The average Bonchev–Trinajstić information content (AvgIpc) is 3.35. The maximum atomic E-state index is 7.73. The third-order valence-electron chi connectivity index (χ3n) is 5.59. The molecule has 3 aromatic heterocycles. The van der Waals surface area contributed by atoms with Gasteiger partial charge in [-0.3, -0.25) is 0 Å². The molecule has 0 bridgehead atoms. The molecule has 6 aromatic rings. The molecule has 181 valence electrons. The van der Waals surface area contributed by atoms with Crippen molar-refractivity contribution in [2.75, 3.05) is 0 Å². The van der Waals surface area contributed by atoms with Crippen LogP contribution in [0.3, 0.4) is 0 Å². The third kappa shape index (κ3) is 5.16. The van der Waals surface area contributed by atoms with E-state index >= 15 is 0 Å². The molecule has 0 saturated heterocycles. The van der Waals surface area contributed by atoms with Crippen molar-refractivity contribution in [2.24, 2.45) is 0 Å². The minimum Gasteiger partial charge on any atom is -0.501 e. The molecule has 4 heteroatoms. The predicted molar refractivity (Wildman–Crippen MR) is 143 cm³/mol. The van der Waals surface area contributed by atoms with Crippen LogP contribution >= 0.6 is 0 Å². The van der Waals surface area contributed by atoms with Gasteiger partial charge in [0.1, 0.15) is 5.58 Å². The van der Waals surface area contributed by atoms with Gasteiger partial charge >= 0.3 is 0 Å². The van der Waals surface area contributed by atoms with Crippen molar-refractivity contribution < 1.29 is 36.9 Å². The molecule has 3 heterocycles. The molecule has 6 rings (SSSR count). The quantitative estimate of drug-likeness (QED) is 0.177. The van der Waals surface area contributed by atoms with E-state index in [0.717, 1.165) is 33.8 Å². The van der Waals surface area contributed by atoms with E-state index in [1.165, 1.54) is 12.3 Å². The van der Waals surface area contributed by atoms with Crippen molar-refractivity contribution in [3.8, 4) is 22.5 Å². The van der Waals surface area contributed by atoms with Gasteiger partial charge in [-0.2, -0.15) is 0 Å². The van der Waals surface area contributed by atoms with E-state index in [1.807, 2.05) is 54.6 Å². The maximum absolute atomic E-state index is 7.73. The Bertz CT molecular complexity index is 1950. The number of benzene rings is 3. The van der Waals surface area contributed by atoms with E-state index in [2.05, 4.69) is 22.1 Å². The Hall–Kier alpha value is -3.59. The number of rotatable bonds is 2. The summed E-state index contributed by atoms with van der Waals surface area (Å²) in [7, 11) is 0. The van der Waals surface area contributed by atoms with Gasteiger partial charge in [-0.05, 0) is 56.1 Å². The molecule has 0 aliphatic carbocycles. The van der Waals surface area contributed by atoms with Crippen LogP contribution in [0.2, 0.25) is 0 Å². The van der Waals surface area contributed by atoms with Crippen LogP contribution in [0.15, 0.2) is 89.6 Å². The Morgan fingerprint density at radius 2 is 1.44 bits per heavy atom. The van der Waals surface area contributed by atoms with E-state index < -0.39 is 20.6 Å². The Morgan fingerprint density at radius 3 is 2.19 bits per heavy atom. The van der Waals surface area contributed by atoms with E-state index in [0.29, 0.717) is 28.0 Å². The van der Waals surface area contributed by atoms with Gasteiger partial charge in [-0.1, -0.05) is 52.4 Å². The summed E-state index contributed by atoms with van der Waals surface area (Å²) >= 11 is 0. The number of hydrogen-bond donors (Lipinski definition) is 0.